The summed E-state index contributed by atoms with van der Waals surface area (Å²) in [6.45, 7) is 0. The summed E-state index contributed by atoms with van der Waals surface area (Å²) in [5, 5.41) is 2.42. The number of nitrogens with one attached hydrogen (secondary N) is 1. The van der Waals surface area contributed by atoms with Crippen molar-refractivity contribution in [3.63, 3.8) is 0 Å². The number of benzene rings is 1. The smallest absolute Gasteiger partial charge is 0.233 e. The van der Waals surface area contributed by atoms with Gasteiger partial charge in [0.05, 0.1) is 0 Å². The van der Waals surface area contributed by atoms with Crippen molar-refractivity contribution in [2.45, 2.75) is 5.12 Å². The molecule has 0 saturated heterocycles. The molecule has 72 valence electrons. The first-order chi connectivity index (χ1) is 6.71. The third-order valence-electron chi connectivity index (χ3n) is 1.91. The van der Waals surface area contributed by atoms with Crippen LogP contribution in [0.4, 0.5) is 0 Å². The van der Waals surface area contributed by atoms with Crippen LogP contribution in [0.25, 0.3) is 0 Å². The zero-order valence-corrected chi connectivity index (χ0v) is 8.76. The number of rotatable bonds is 1. The number of hydrogen-bond donors (Lipinski definition) is 1. The normalized spacial score (nSPS) is 25.4. The minimum absolute atomic E-state index is 0.485. The highest BCUT2D eigenvalue weighted by atomic mass is 35.5. The molecule has 1 aliphatic rings. The second-order valence-corrected chi connectivity index (χ2v) is 3.86. The second kappa shape index (κ2) is 3.64. The third-order valence-corrected chi connectivity index (χ3v) is 2.55. The maximum atomic E-state index is 6.26. The zero-order valence-electron chi connectivity index (χ0n) is 7.24. The van der Waals surface area contributed by atoms with Gasteiger partial charge < -0.3 is 5.32 Å². The lowest BCUT2D eigenvalue weighted by atomic mass is 10.1. The van der Waals surface area contributed by atoms with E-state index in [9.17, 15) is 0 Å². The Bertz CT molecular complexity index is 386. The second-order valence-electron chi connectivity index (χ2n) is 2.91. The van der Waals surface area contributed by atoms with Crippen molar-refractivity contribution >= 4 is 29.4 Å². The van der Waals surface area contributed by atoms with Crippen LogP contribution in [0, 0.1) is 0 Å². The van der Waals surface area contributed by atoms with Crippen LogP contribution in [0.5, 0.6) is 0 Å². The molecule has 1 aromatic carbocycles. The molecule has 1 heterocycles. The van der Waals surface area contributed by atoms with Gasteiger partial charge in [-0.25, -0.2) is 4.99 Å². The topological polar surface area (TPSA) is 24.4 Å². The molecule has 0 spiro atoms. The fraction of sp³-hybridized carbons (Fsp3) is 0.100. The van der Waals surface area contributed by atoms with E-state index in [0.29, 0.717) is 5.16 Å². The van der Waals surface area contributed by atoms with Crippen molar-refractivity contribution in [1.29, 1.82) is 0 Å². The van der Waals surface area contributed by atoms with Gasteiger partial charge in [0.15, 0.2) is 0 Å². The van der Waals surface area contributed by atoms with Gasteiger partial charge in [-0.15, -0.1) is 0 Å². The number of nitrogens with zero attached hydrogens (tertiary/aromatic N) is 1. The Morgan fingerprint density at radius 3 is 2.57 bits per heavy atom. The summed E-state index contributed by atoms with van der Waals surface area (Å²) in [5.41, 5.74) is 0.865. The molecule has 0 aliphatic carbocycles. The molecule has 0 saturated carbocycles. The molecular formula is C10H8Cl2N2. The first-order valence-corrected chi connectivity index (χ1v) is 4.90. The van der Waals surface area contributed by atoms with Gasteiger partial charge in [-0.1, -0.05) is 53.5 Å². The Morgan fingerprint density at radius 2 is 1.93 bits per heavy atom. The van der Waals surface area contributed by atoms with Crippen LogP contribution < -0.4 is 5.32 Å². The van der Waals surface area contributed by atoms with E-state index in [2.05, 4.69) is 10.3 Å². The molecule has 2 nitrogen and oxygen atoms in total. The lowest BCUT2D eigenvalue weighted by molar-refractivity contribution is 0.565. The number of aliphatic imine (C=N–C) groups is 1. The molecular weight excluding hydrogens is 219 g/mol. The Labute approximate surface area is 92.2 Å². The van der Waals surface area contributed by atoms with Gasteiger partial charge >= 0.3 is 0 Å². The van der Waals surface area contributed by atoms with Crippen molar-refractivity contribution in [2.75, 3.05) is 0 Å². The molecule has 1 atom stereocenters. The fourth-order valence-corrected chi connectivity index (χ4v) is 1.77. The Hall–Kier alpha value is -0.990. The van der Waals surface area contributed by atoms with Crippen LogP contribution in [-0.2, 0) is 5.12 Å². The highest BCUT2D eigenvalue weighted by Crippen LogP contribution is 2.30. The van der Waals surface area contributed by atoms with Gasteiger partial charge in [-0.2, -0.15) is 0 Å². The van der Waals surface area contributed by atoms with E-state index in [1.807, 2.05) is 30.3 Å². The maximum absolute atomic E-state index is 6.26. The minimum Gasteiger partial charge on any atom is -0.335 e. The van der Waals surface area contributed by atoms with Gasteiger partial charge in [0.1, 0.15) is 5.16 Å². The summed E-state index contributed by atoms with van der Waals surface area (Å²) in [5.74, 6) is 0. The Kier molecular flexibility index (Phi) is 2.48. The summed E-state index contributed by atoms with van der Waals surface area (Å²) in [7, 11) is 0. The highest BCUT2D eigenvalue weighted by Gasteiger charge is 2.29. The minimum atomic E-state index is -0.965. The van der Waals surface area contributed by atoms with Gasteiger partial charge in [-0.05, 0) is 6.08 Å². The molecule has 0 bridgehead atoms. The first kappa shape index (κ1) is 9.56. The van der Waals surface area contributed by atoms with Crippen LogP contribution in [0.15, 0.2) is 46.6 Å². The third kappa shape index (κ3) is 1.76. The van der Waals surface area contributed by atoms with Crippen molar-refractivity contribution in [1.82, 2.24) is 5.32 Å². The molecule has 0 radical (unpaired) electrons. The monoisotopic (exact) mass is 226 g/mol. The molecule has 4 heteroatoms. The van der Waals surface area contributed by atoms with Gasteiger partial charge in [0, 0.05) is 11.8 Å². The van der Waals surface area contributed by atoms with Gasteiger partial charge in [0.25, 0.3) is 0 Å². The van der Waals surface area contributed by atoms with E-state index >= 15 is 0 Å². The molecule has 1 aliphatic heterocycles. The average Bonchev–Trinajstić information content (AvgIpc) is 2.19. The van der Waals surface area contributed by atoms with Gasteiger partial charge in [0.2, 0.25) is 5.12 Å². The van der Waals surface area contributed by atoms with Crippen LogP contribution in [0.3, 0.4) is 0 Å². The summed E-state index contributed by atoms with van der Waals surface area (Å²) < 4.78 is 0. The van der Waals surface area contributed by atoms with E-state index in [4.69, 9.17) is 23.2 Å². The SMILES string of the molecule is ClC1=CC=NC(Cl)(c2ccccc2)N1. The van der Waals surface area contributed by atoms with Crippen molar-refractivity contribution in [3.8, 4) is 0 Å². The molecule has 14 heavy (non-hydrogen) atoms. The molecule has 1 N–H and O–H groups in total. The predicted octanol–water partition coefficient (Wildman–Crippen LogP) is 2.79. The lowest BCUT2D eigenvalue weighted by Crippen LogP contribution is -2.35. The lowest BCUT2D eigenvalue weighted by Gasteiger charge is -2.27. The zero-order chi connectivity index (χ0) is 10.0. The number of allylic oxidation sites excluding steroid dienone is 1. The van der Waals surface area contributed by atoms with E-state index in [-0.39, 0.29) is 0 Å². The van der Waals surface area contributed by atoms with E-state index < -0.39 is 5.12 Å². The molecule has 1 aromatic rings. The van der Waals surface area contributed by atoms with Crippen LogP contribution >= 0.6 is 23.2 Å². The first-order valence-electron chi connectivity index (χ1n) is 4.14. The van der Waals surface area contributed by atoms with Gasteiger partial charge in [-0.3, -0.25) is 0 Å². The Balaban J connectivity index is 2.35. The summed E-state index contributed by atoms with van der Waals surface area (Å²) >= 11 is 12.1. The van der Waals surface area contributed by atoms with Crippen molar-refractivity contribution in [3.05, 3.63) is 47.1 Å². The molecule has 0 fully saturated rings. The quantitative estimate of drug-likeness (QED) is 0.579. The van der Waals surface area contributed by atoms with Crippen molar-refractivity contribution in [2.24, 2.45) is 4.99 Å². The fourth-order valence-electron chi connectivity index (χ4n) is 1.24. The van der Waals surface area contributed by atoms with Crippen LogP contribution in [0.2, 0.25) is 0 Å². The average molecular weight is 227 g/mol. The predicted molar refractivity (Wildman–Crippen MR) is 59.5 cm³/mol. The number of alkyl halides is 1. The van der Waals surface area contributed by atoms with Crippen molar-refractivity contribution < 1.29 is 0 Å². The Morgan fingerprint density at radius 1 is 1.21 bits per heavy atom. The standard InChI is InChI=1S/C10H8Cl2N2/c11-9-6-7-13-10(12,14-9)8-4-2-1-3-5-8/h1-7,14H. The molecule has 0 aromatic heterocycles. The van der Waals surface area contributed by atoms with E-state index in [0.717, 1.165) is 5.56 Å². The van der Waals surface area contributed by atoms with Crippen LogP contribution in [-0.4, -0.2) is 6.21 Å². The summed E-state index contributed by atoms with van der Waals surface area (Å²) in [6, 6.07) is 9.53. The van der Waals surface area contributed by atoms with E-state index in [1.165, 1.54) is 0 Å². The molecule has 2 rings (SSSR count). The van der Waals surface area contributed by atoms with Crippen LogP contribution in [0.1, 0.15) is 5.56 Å². The number of halogens is 2. The van der Waals surface area contributed by atoms with E-state index in [1.54, 1.807) is 12.3 Å². The maximum Gasteiger partial charge on any atom is 0.233 e. The number of hydrogen-bond acceptors (Lipinski definition) is 2. The molecule has 0 amide bonds. The highest BCUT2D eigenvalue weighted by molar-refractivity contribution is 6.32. The summed E-state index contributed by atoms with van der Waals surface area (Å²) in [6.07, 6.45) is 3.25. The molecule has 1 unspecified atom stereocenters. The largest absolute Gasteiger partial charge is 0.335 e. The summed E-state index contributed by atoms with van der Waals surface area (Å²) in [4.78, 5) is 4.15.